The number of aromatic nitrogens is 2. The number of likely N-dealkylation sites (tertiary alicyclic amines) is 1. The Balaban J connectivity index is 1.51. The molecule has 1 unspecified atom stereocenters. The van der Waals surface area contributed by atoms with Crippen LogP contribution in [0.2, 0.25) is 0 Å². The topological polar surface area (TPSA) is 73.8 Å². The molecule has 2 heterocycles. The maximum atomic E-state index is 12.4. The van der Waals surface area contributed by atoms with Crippen LogP contribution in [0.1, 0.15) is 12.8 Å². The Bertz CT molecular complexity index is 696. The lowest BCUT2D eigenvalue weighted by Gasteiger charge is -2.32. The average molecular weight is 343 g/mol. The fraction of sp³-hybridized carbons (Fsp3) is 0.389. The second-order valence-corrected chi connectivity index (χ2v) is 5.73. The number of hydrogen-bond acceptors (Lipinski definition) is 6. The monoisotopic (exact) mass is 343 g/mol. The predicted octanol–water partition coefficient (Wildman–Crippen LogP) is 1.93. The van der Waals surface area contributed by atoms with Crippen molar-refractivity contribution >= 4 is 5.91 Å². The van der Waals surface area contributed by atoms with Crippen molar-refractivity contribution in [2.45, 2.75) is 18.9 Å². The van der Waals surface area contributed by atoms with Crippen LogP contribution in [0.5, 0.6) is 17.4 Å². The van der Waals surface area contributed by atoms with Gasteiger partial charge >= 0.3 is 0 Å². The van der Waals surface area contributed by atoms with E-state index in [4.69, 9.17) is 14.2 Å². The highest BCUT2D eigenvalue weighted by Crippen LogP contribution is 2.20. The molecule has 0 aliphatic carbocycles. The first-order chi connectivity index (χ1) is 12.2. The molecule has 132 valence electrons. The molecule has 1 saturated heterocycles. The van der Waals surface area contributed by atoms with E-state index in [2.05, 4.69) is 9.97 Å². The second-order valence-electron chi connectivity index (χ2n) is 5.73. The number of benzene rings is 1. The number of ether oxygens (including phenoxy) is 3. The molecule has 7 nitrogen and oxygen atoms in total. The molecule has 1 aromatic heterocycles. The van der Waals surface area contributed by atoms with E-state index in [9.17, 15) is 4.79 Å². The van der Waals surface area contributed by atoms with Crippen molar-refractivity contribution in [3.05, 3.63) is 42.9 Å². The van der Waals surface area contributed by atoms with Gasteiger partial charge in [-0.1, -0.05) is 6.07 Å². The van der Waals surface area contributed by atoms with Gasteiger partial charge in [0.05, 0.1) is 19.9 Å². The van der Waals surface area contributed by atoms with E-state index < -0.39 is 0 Å². The van der Waals surface area contributed by atoms with Gasteiger partial charge in [0.25, 0.3) is 5.91 Å². The van der Waals surface area contributed by atoms with Crippen molar-refractivity contribution in [1.29, 1.82) is 0 Å². The van der Waals surface area contributed by atoms with Gasteiger partial charge in [0, 0.05) is 25.0 Å². The van der Waals surface area contributed by atoms with E-state index in [1.54, 1.807) is 42.7 Å². The summed E-state index contributed by atoms with van der Waals surface area (Å²) in [5.74, 6) is 1.72. The van der Waals surface area contributed by atoms with Gasteiger partial charge in [-0.15, -0.1) is 0 Å². The van der Waals surface area contributed by atoms with Gasteiger partial charge < -0.3 is 19.1 Å². The number of amides is 1. The highest BCUT2D eigenvalue weighted by Gasteiger charge is 2.25. The third-order valence-electron chi connectivity index (χ3n) is 3.96. The molecule has 1 aliphatic heterocycles. The van der Waals surface area contributed by atoms with Gasteiger partial charge in [-0.2, -0.15) is 0 Å². The van der Waals surface area contributed by atoms with Gasteiger partial charge in [0.15, 0.2) is 6.61 Å². The number of rotatable bonds is 6. The van der Waals surface area contributed by atoms with E-state index in [0.717, 1.165) is 12.8 Å². The van der Waals surface area contributed by atoms with Gasteiger partial charge in [0.1, 0.15) is 17.6 Å². The van der Waals surface area contributed by atoms with Crippen molar-refractivity contribution in [3.63, 3.8) is 0 Å². The fourth-order valence-electron chi connectivity index (χ4n) is 2.71. The Kier molecular flexibility index (Phi) is 5.66. The molecule has 7 heteroatoms. The standard InChI is InChI=1S/C18H21N3O4/c1-23-14-4-2-5-15(10-14)24-13-18(22)21-9-3-6-16(12-21)25-17-11-19-7-8-20-17/h2,4-5,7-8,10-11,16H,3,6,9,12-13H2,1H3. The number of methoxy groups -OCH3 is 1. The molecule has 2 aromatic rings. The lowest BCUT2D eigenvalue weighted by Crippen LogP contribution is -2.46. The SMILES string of the molecule is COc1cccc(OCC(=O)N2CCCC(Oc3cnccn3)C2)c1. The third kappa shape index (κ3) is 4.82. The predicted molar refractivity (Wildman–Crippen MR) is 90.8 cm³/mol. The third-order valence-corrected chi connectivity index (χ3v) is 3.96. The lowest BCUT2D eigenvalue weighted by molar-refractivity contribution is -0.136. The average Bonchev–Trinajstić information content (AvgIpc) is 2.67. The summed E-state index contributed by atoms with van der Waals surface area (Å²) >= 11 is 0. The minimum Gasteiger partial charge on any atom is -0.497 e. The van der Waals surface area contributed by atoms with Gasteiger partial charge in [0.2, 0.25) is 5.88 Å². The van der Waals surface area contributed by atoms with Gasteiger partial charge in [-0.3, -0.25) is 9.78 Å². The largest absolute Gasteiger partial charge is 0.497 e. The summed E-state index contributed by atoms with van der Waals surface area (Å²) < 4.78 is 16.5. The number of piperidine rings is 1. The van der Waals surface area contributed by atoms with Crippen LogP contribution in [0.15, 0.2) is 42.9 Å². The van der Waals surface area contributed by atoms with Crippen molar-refractivity contribution in [2.75, 3.05) is 26.8 Å². The summed E-state index contributed by atoms with van der Waals surface area (Å²) in [5, 5.41) is 0. The summed E-state index contributed by atoms with van der Waals surface area (Å²) in [6, 6.07) is 7.20. The smallest absolute Gasteiger partial charge is 0.260 e. The Morgan fingerprint density at radius 2 is 2.20 bits per heavy atom. The zero-order valence-corrected chi connectivity index (χ0v) is 14.1. The molecule has 1 aromatic carbocycles. The van der Waals surface area contributed by atoms with Crippen molar-refractivity contribution < 1.29 is 19.0 Å². The molecular formula is C18H21N3O4. The maximum absolute atomic E-state index is 12.4. The molecule has 3 rings (SSSR count). The molecule has 25 heavy (non-hydrogen) atoms. The maximum Gasteiger partial charge on any atom is 0.260 e. The van der Waals surface area contributed by atoms with E-state index >= 15 is 0 Å². The minimum absolute atomic E-state index is 0.00890. The van der Waals surface area contributed by atoms with E-state index in [0.29, 0.717) is 30.5 Å². The Labute approximate surface area is 146 Å². The van der Waals surface area contributed by atoms with E-state index in [-0.39, 0.29) is 18.6 Å². The number of carbonyl (C=O) groups is 1. The Hall–Kier alpha value is -2.83. The zero-order chi connectivity index (χ0) is 17.5. The van der Waals surface area contributed by atoms with Crippen molar-refractivity contribution in [3.8, 4) is 17.4 Å². The van der Waals surface area contributed by atoms with Crippen LogP contribution in [-0.2, 0) is 4.79 Å². The summed E-state index contributed by atoms with van der Waals surface area (Å²) in [5.41, 5.74) is 0. The molecule has 0 saturated carbocycles. The molecule has 0 N–H and O–H groups in total. The van der Waals surface area contributed by atoms with Crippen LogP contribution in [-0.4, -0.2) is 53.7 Å². The first-order valence-electron chi connectivity index (χ1n) is 8.22. The highest BCUT2D eigenvalue weighted by molar-refractivity contribution is 5.78. The molecule has 0 spiro atoms. The summed E-state index contributed by atoms with van der Waals surface area (Å²) in [6.07, 6.45) is 6.45. The van der Waals surface area contributed by atoms with Crippen molar-refractivity contribution in [1.82, 2.24) is 14.9 Å². The van der Waals surface area contributed by atoms with Gasteiger partial charge in [-0.05, 0) is 25.0 Å². The van der Waals surface area contributed by atoms with Crippen LogP contribution >= 0.6 is 0 Å². The van der Waals surface area contributed by atoms with Crippen molar-refractivity contribution in [2.24, 2.45) is 0 Å². The second kappa shape index (κ2) is 8.32. The Morgan fingerprint density at radius 1 is 1.32 bits per heavy atom. The molecule has 1 fully saturated rings. The molecule has 1 amide bonds. The molecule has 1 aliphatic rings. The minimum atomic E-state index is -0.0776. The number of nitrogens with zero attached hydrogens (tertiary/aromatic N) is 3. The van der Waals surface area contributed by atoms with E-state index in [1.165, 1.54) is 0 Å². The quantitative estimate of drug-likeness (QED) is 0.798. The summed E-state index contributed by atoms with van der Waals surface area (Å²) in [6.45, 7) is 1.22. The van der Waals surface area contributed by atoms with Crippen LogP contribution in [0, 0.1) is 0 Å². The highest BCUT2D eigenvalue weighted by atomic mass is 16.5. The molecule has 1 atom stereocenters. The first-order valence-corrected chi connectivity index (χ1v) is 8.22. The van der Waals surface area contributed by atoms with Crippen LogP contribution in [0.3, 0.4) is 0 Å². The number of hydrogen-bond donors (Lipinski definition) is 0. The van der Waals surface area contributed by atoms with Gasteiger partial charge in [-0.25, -0.2) is 4.98 Å². The van der Waals surface area contributed by atoms with Crippen LogP contribution < -0.4 is 14.2 Å². The summed E-state index contributed by atoms with van der Waals surface area (Å²) in [4.78, 5) is 22.3. The molecular weight excluding hydrogens is 322 g/mol. The molecule has 0 bridgehead atoms. The van der Waals surface area contributed by atoms with Crippen LogP contribution in [0.25, 0.3) is 0 Å². The summed E-state index contributed by atoms with van der Waals surface area (Å²) in [7, 11) is 1.59. The first kappa shape index (κ1) is 17.0. The normalized spacial score (nSPS) is 17.0. The fourth-order valence-corrected chi connectivity index (χ4v) is 2.71. The Morgan fingerprint density at radius 3 is 3.00 bits per heavy atom. The van der Waals surface area contributed by atoms with Crippen LogP contribution in [0.4, 0.5) is 0 Å². The lowest BCUT2D eigenvalue weighted by atomic mass is 10.1. The van der Waals surface area contributed by atoms with E-state index in [1.807, 2.05) is 12.1 Å². The zero-order valence-electron chi connectivity index (χ0n) is 14.1. The molecule has 0 radical (unpaired) electrons. The number of carbonyl (C=O) groups excluding carboxylic acids is 1.